The Balaban J connectivity index is 2.28. The highest BCUT2D eigenvalue weighted by molar-refractivity contribution is 9.10. The second-order valence-electron chi connectivity index (χ2n) is 3.72. The summed E-state index contributed by atoms with van der Waals surface area (Å²) in [6.07, 6.45) is 0. The maximum absolute atomic E-state index is 5.94. The van der Waals surface area contributed by atoms with Gasteiger partial charge in [-0.15, -0.1) is 11.6 Å². The summed E-state index contributed by atoms with van der Waals surface area (Å²) in [6.45, 7) is 1.97. The van der Waals surface area contributed by atoms with Crippen molar-refractivity contribution in [2.45, 2.75) is 12.8 Å². The third-order valence-electron chi connectivity index (χ3n) is 2.37. The van der Waals surface area contributed by atoms with Gasteiger partial charge in [0.15, 0.2) is 0 Å². The van der Waals surface area contributed by atoms with Crippen molar-refractivity contribution in [2.24, 2.45) is 0 Å². The smallest absolute Gasteiger partial charge is 0.219 e. The highest BCUT2D eigenvalue weighted by atomic mass is 79.9. The normalized spacial score (nSPS) is 10.4. The molecule has 0 N–H and O–H groups in total. The van der Waals surface area contributed by atoms with Gasteiger partial charge in [-0.25, -0.2) is 4.98 Å². The van der Waals surface area contributed by atoms with Crippen LogP contribution in [0, 0.1) is 6.92 Å². The monoisotopic (exact) mass is 345 g/mol. The van der Waals surface area contributed by atoms with Crippen LogP contribution in [0.3, 0.4) is 0 Å². The van der Waals surface area contributed by atoms with Crippen LogP contribution in [0.2, 0.25) is 5.02 Å². The van der Waals surface area contributed by atoms with Gasteiger partial charge in [-0.2, -0.15) is 0 Å². The van der Waals surface area contributed by atoms with Crippen LogP contribution in [-0.4, -0.2) is 4.98 Å². The van der Waals surface area contributed by atoms with Gasteiger partial charge in [-0.05, 0) is 36.8 Å². The summed E-state index contributed by atoms with van der Waals surface area (Å²) < 4.78 is 6.72. The number of halogens is 3. The van der Waals surface area contributed by atoms with Gasteiger partial charge in [-0.3, -0.25) is 0 Å². The number of alkyl halides is 1. The van der Waals surface area contributed by atoms with Crippen molar-refractivity contribution < 1.29 is 4.74 Å². The van der Waals surface area contributed by atoms with E-state index in [0.29, 0.717) is 16.6 Å². The molecule has 0 aliphatic heterocycles. The van der Waals surface area contributed by atoms with E-state index in [1.54, 1.807) is 12.1 Å². The van der Waals surface area contributed by atoms with Crippen LogP contribution >= 0.6 is 39.1 Å². The lowest BCUT2D eigenvalue weighted by molar-refractivity contribution is 0.458. The minimum Gasteiger partial charge on any atom is -0.439 e. The summed E-state index contributed by atoms with van der Waals surface area (Å²) in [5, 5.41) is 0.546. The first-order chi connectivity index (χ1) is 8.60. The molecule has 0 spiro atoms. The highest BCUT2D eigenvalue weighted by Gasteiger charge is 2.06. The molecule has 0 fully saturated rings. The fourth-order valence-corrected chi connectivity index (χ4v) is 2.37. The zero-order chi connectivity index (χ0) is 13.1. The standard InChI is InChI=1S/C13H10BrCl2NO/c1-8-6-9(14)2-4-12(8)18-13-5-3-10(16)11(7-15)17-13/h2-6H,7H2,1H3. The summed E-state index contributed by atoms with van der Waals surface area (Å²) >= 11 is 15.1. The number of nitrogens with zero attached hydrogens (tertiary/aromatic N) is 1. The Morgan fingerprint density at radius 2 is 2.06 bits per heavy atom. The van der Waals surface area contributed by atoms with Crippen molar-refractivity contribution in [3.05, 3.63) is 51.1 Å². The van der Waals surface area contributed by atoms with Crippen molar-refractivity contribution in [2.75, 3.05) is 0 Å². The summed E-state index contributed by atoms with van der Waals surface area (Å²) in [5.74, 6) is 1.50. The van der Waals surface area contributed by atoms with Gasteiger partial charge in [0.05, 0.1) is 16.6 Å². The largest absolute Gasteiger partial charge is 0.439 e. The lowest BCUT2D eigenvalue weighted by Gasteiger charge is -2.09. The maximum atomic E-state index is 5.94. The molecule has 5 heteroatoms. The van der Waals surface area contributed by atoms with Gasteiger partial charge >= 0.3 is 0 Å². The third kappa shape index (κ3) is 3.16. The van der Waals surface area contributed by atoms with Crippen LogP contribution in [0.4, 0.5) is 0 Å². The van der Waals surface area contributed by atoms with Gasteiger partial charge in [0.25, 0.3) is 0 Å². The zero-order valence-corrected chi connectivity index (χ0v) is 12.7. The van der Waals surface area contributed by atoms with Crippen LogP contribution in [0.5, 0.6) is 11.6 Å². The van der Waals surface area contributed by atoms with Gasteiger partial charge in [-0.1, -0.05) is 27.5 Å². The molecule has 0 saturated heterocycles. The molecule has 0 atom stereocenters. The molecule has 0 amide bonds. The van der Waals surface area contributed by atoms with Gasteiger partial charge in [0, 0.05) is 10.5 Å². The van der Waals surface area contributed by atoms with E-state index in [1.807, 2.05) is 25.1 Å². The van der Waals surface area contributed by atoms with E-state index in [4.69, 9.17) is 27.9 Å². The Morgan fingerprint density at radius 1 is 1.28 bits per heavy atom. The fourth-order valence-electron chi connectivity index (χ4n) is 1.45. The quantitative estimate of drug-likeness (QED) is 0.700. The number of rotatable bonds is 3. The minimum atomic E-state index is 0.259. The van der Waals surface area contributed by atoms with Crippen molar-refractivity contribution in [1.82, 2.24) is 4.98 Å². The molecule has 94 valence electrons. The molecule has 0 aliphatic rings. The summed E-state index contributed by atoms with van der Waals surface area (Å²) in [6, 6.07) is 9.24. The molecule has 0 unspecified atom stereocenters. The van der Waals surface area contributed by atoms with E-state index in [0.717, 1.165) is 15.8 Å². The fraction of sp³-hybridized carbons (Fsp3) is 0.154. The summed E-state index contributed by atoms with van der Waals surface area (Å²) in [5.41, 5.74) is 1.64. The summed E-state index contributed by atoms with van der Waals surface area (Å²) in [7, 11) is 0. The van der Waals surface area contributed by atoms with Crippen LogP contribution in [0.25, 0.3) is 0 Å². The lowest BCUT2D eigenvalue weighted by Crippen LogP contribution is -1.94. The molecule has 0 radical (unpaired) electrons. The molecule has 0 bridgehead atoms. The highest BCUT2D eigenvalue weighted by Crippen LogP contribution is 2.28. The van der Waals surface area contributed by atoms with E-state index in [9.17, 15) is 0 Å². The maximum Gasteiger partial charge on any atom is 0.219 e. The van der Waals surface area contributed by atoms with Gasteiger partial charge in [0.1, 0.15) is 5.75 Å². The Morgan fingerprint density at radius 3 is 2.72 bits per heavy atom. The average Bonchev–Trinajstić information content (AvgIpc) is 2.35. The molecule has 2 nitrogen and oxygen atoms in total. The number of hydrogen-bond acceptors (Lipinski definition) is 2. The number of aromatic nitrogens is 1. The number of pyridine rings is 1. The Kier molecular flexibility index (Phi) is 4.49. The van der Waals surface area contributed by atoms with Crippen molar-refractivity contribution in [3.8, 4) is 11.6 Å². The van der Waals surface area contributed by atoms with E-state index in [2.05, 4.69) is 20.9 Å². The third-order valence-corrected chi connectivity index (χ3v) is 3.46. The Labute approximate surface area is 124 Å². The van der Waals surface area contributed by atoms with E-state index in [1.165, 1.54) is 0 Å². The molecular weight excluding hydrogens is 337 g/mol. The van der Waals surface area contributed by atoms with E-state index >= 15 is 0 Å². The van der Waals surface area contributed by atoms with Crippen molar-refractivity contribution in [1.29, 1.82) is 0 Å². The minimum absolute atomic E-state index is 0.259. The molecule has 0 saturated carbocycles. The first kappa shape index (κ1) is 13.7. The number of hydrogen-bond donors (Lipinski definition) is 0. The molecule has 0 aliphatic carbocycles. The topological polar surface area (TPSA) is 22.1 Å². The van der Waals surface area contributed by atoms with Crippen LogP contribution in [-0.2, 0) is 5.88 Å². The predicted octanol–water partition coefficient (Wildman–Crippen LogP) is 5.34. The lowest BCUT2D eigenvalue weighted by atomic mass is 10.2. The molecule has 2 aromatic rings. The Hall–Kier alpha value is -0.770. The summed E-state index contributed by atoms with van der Waals surface area (Å²) in [4.78, 5) is 4.25. The SMILES string of the molecule is Cc1cc(Br)ccc1Oc1ccc(Cl)c(CCl)n1. The van der Waals surface area contributed by atoms with Crippen molar-refractivity contribution in [3.63, 3.8) is 0 Å². The second-order valence-corrected chi connectivity index (χ2v) is 5.31. The first-order valence-corrected chi connectivity index (χ1v) is 6.96. The molecule has 1 aromatic heterocycles. The number of aryl methyl sites for hydroxylation is 1. The van der Waals surface area contributed by atoms with E-state index in [-0.39, 0.29) is 5.88 Å². The second kappa shape index (κ2) is 5.91. The predicted molar refractivity (Wildman–Crippen MR) is 77.8 cm³/mol. The molecule has 1 heterocycles. The van der Waals surface area contributed by atoms with Crippen molar-refractivity contribution >= 4 is 39.1 Å². The van der Waals surface area contributed by atoms with Crippen LogP contribution in [0.1, 0.15) is 11.3 Å². The molecule has 1 aromatic carbocycles. The van der Waals surface area contributed by atoms with Crippen LogP contribution < -0.4 is 4.74 Å². The van der Waals surface area contributed by atoms with Gasteiger partial charge < -0.3 is 4.74 Å². The first-order valence-electron chi connectivity index (χ1n) is 5.25. The number of ether oxygens (including phenoxy) is 1. The zero-order valence-electron chi connectivity index (χ0n) is 9.58. The molecule has 18 heavy (non-hydrogen) atoms. The van der Waals surface area contributed by atoms with E-state index < -0.39 is 0 Å². The van der Waals surface area contributed by atoms with Gasteiger partial charge in [0.2, 0.25) is 5.88 Å². The molecule has 2 rings (SSSR count). The Bertz CT molecular complexity index is 575. The number of benzene rings is 1. The van der Waals surface area contributed by atoms with Crippen LogP contribution in [0.15, 0.2) is 34.8 Å². The average molecular weight is 347 g/mol. The molecular formula is C13H10BrCl2NO.